The Morgan fingerprint density at radius 3 is 2.35 bits per heavy atom. The molecule has 26 heavy (non-hydrogen) atoms. The molecule has 0 spiro atoms. The summed E-state index contributed by atoms with van der Waals surface area (Å²) in [7, 11) is 0. The first kappa shape index (κ1) is 18.1. The molecule has 0 aliphatic carbocycles. The molecule has 1 aliphatic rings. The van der Waals surface area contributed by atoms with Crippen molar-refractivity contribution in [2.45, 2.75) is 26.3 Å². The largest absolute Gasteiger partial charge is 0.368 e. The van der Waals surface area contributed by atoms with Crippen molar-refractivity contribution < 1.29 is 9.18 Å². The van der Waals surface area contributed by atoms with Gasteiger partial charge in [0, 0.05) is 43.5 Å². The molecule has 6 nitrogen and oxygen atoms in total. The van der Waals surface area contributed by atoms with E-state index >= 15 is 0 Å². The molecule has 1 saturated heterocycles. The predicted octanol–water partition coefficient (Wildman–Crippen LogP) is 2.79. The standard InChI is InChI=1S/C19H24FN5O/c1-19(2,3)23-17-12-16(21-13-22-17)18(26)25-10-8-24(9-11-25)15-6-4-14(20)5-7-15/h4-7,12-13H,8-11H2,1-3H3,(H,21,22,23). The van der Waals surface area contributed by atoms with Gasteiger partial charge in [-0.05, 0) is 45.0 Å². The summed E-state index contributed by atoms with van der Waals surface area (Å²) in [6.07, 6.45) is 1.41. The predicted molar refractivity (Wildman–Crippen MR) is 99.9 cm³/mol. The molecule has 1 aromatic heterocycles. The van der Waals surface area contributed by atoms with Gasteiger partial charge in [0.15, 0.2) is 0 Å². The van der Waals surface area contributed by atoms with Crippen LogP contribution in [0.1, 0.15) is 31.3 Å². The highest BCUT2D eigenvalue weighted by molar-refractivity contribution is 5.93. The van der Waals surface area contributed by atoms with Crippen LogP contribution in [0.3, 0.4) is 0 Å². The Balaban J connectivity index is 1.63. The normalized spacial score (nSPS) is 15.1. The van der Waals surface area contributed by atoms with Crippen LogP contribution in [0.5, 0.6) is 0 Å². The Morgan fingerprint density at radius 1 is 1.08 bits per heavy atom. The van der Waals surface area contributed by atoms with E-state index in [-0.39, 0.29) is 17.3 Å². The van der Waals surface area contributed by atoms with Crippen LogP contribution in [0, 0.1) is 5.82 Å². The number of piperazine rings is 1. The van der Waals surface area contributed by atoms with Crippen LogP contribution in [-0.4, -0.2) is 52.5 Å². The average molecular weight is 357 g/mol. The third-order valence-corrected chi connectivity index (χ3v) is 4.15. The van der Waals surface area contributed by atoms with Crippen molar-refractivity contribution in [3.8, 4) is 0 Å². The number of benzene rings is 1. The molecule has 0 bridgehead atoms. The second kappa shape index (κ2) is 7.27. The lowest BCUT2D eigenvalue weighted by molar-refractivity contribution is 0.0740. The Kier molecular flexibility index (Phi) is 5.06. The van der Waals surface area contributed by atoms with Crippen molar-refractivity contribution in [3.63, 3.8) is 0 Å². The van der Waals surface area contributed by atoms with Crippen molar-refractivity contribution in [1.82, 2.24) is 14.9 Å². The molecule has 1 N–H and O–H groups in total. The van der Waals surface area contributed by atoms with Gasteiger partial charge in [-0.1, -0.05) is 0 Å². The molecule has 7 heteroatoms. The molecular weight excluding hydrogens is 333 g/mol. The van der Waals surface area contributed by atoms with Crippen molar-refractivity contribution in [2.75, 3.05) is 36.4 Å². The summed E-state index contributed by atoms with van der Waals surface area (Å²) in [6.45, 7) is 8.71. The zero-order valence-corrected chi connectivity index (χ0v) is 15.4. The maximum atomic E-state index is 13.1. The van der Waals surface area contributed by atoms with Crippen LogP contribution < -0.4 is 10.2 Å². The van der Waals surface area contributed by atoms with Crippen molar-refractivity contribution in [2.24, 2.45) is 0 Å². The summed E-state index contributed by atoms with van der Waals surface area (Å²) < 4.78 is 13.1. The number of nitrogens with one attached hydrogen (secondary N) is 1. The van der Waals surface area contributed by atoms with Gasteiger partial charge in [-0.2, -0.15) is 0 Å². The first-order valence-electron chi connectivity index (χ1n) is 8.72. The van der Waals surface area contributed by atoms with Gasteiger partial charge in [-0.3, -0.25) is 4.79 Å². The van der Waals surface area contributed by atoms with E-state index in [1.807, 2.05) is 20.8 Å². The number of hydrogen-bond donors (Lipinski definition) is 1. The molecule has 0 unspecified atom stereocenters. The second-order valence-electron chi connectivity index (χ2n) is 7.42. The monoisotopic (exact) mass is 357 g/mol. The molecule has 1 aliphatic heterocycles. The van der Waals surface area contributed by atoms with Gasteiger partial charge in [0.25, 0.3) is 5.91 Å². The molecular formula is C19H24FN5O. The highest BCUT2D eigenvalue weighted by Crippen LogP contribution is 2.18. The van der Waals surface area contributed by atoms with Crippen LogP contribution in [0.15, 0.2) is 36.7 Å². The van der Waals surface area contributed by atoms with Gasteiger partial charge in [-0.15, -0.1) is 0 Å². The fraction of sp³-hybridized carbons (Fsp3) is 0.421. The summed E-state index contributed by atoms with van der Waals surface area (Å²) >= 11 is 0. The zero-order chi connectivity index (χ0) is 18.7. The minimum absolute atomic E-state index is 0.0943. The summed E-state index contributed by atoms with van der Waals surface area (Å²) in [5, 5.41) is 3.25. The van der Waals surface area contributed by atoms with E-state index in [0.717, 1.165) is 5.69 Å². The van der Waals surface area contributed by atoms with Crippen LogP contribution >= 0.6 is 0 Å². The van der Waals surface area contributed by atoms with Gasteiger partial charge < -0.3 is 15.1 Å². The number of carbonyl (C=O) groups excluding carboxylic acids is 1. The number of halogens is 1. The summed E-state index contributed by atoms with van der Waals surface area (Å²) in [4.78, 5) is 25.0. The van der Waals surface area contributed by atoms with Crippen LogP contribution in [0.2, 0.25) is 0 Å². The number of nitrogens with zero attached hydrogens (tertiary/aromatic N) is 4. The van der Waals surface area contributed by atoms with Gasteiger partial charge in [-0.25, -0.2) is 14.4 Å². The molecule has 1 fully saturated rings. The Labute approximate surface area is 153 Å². The summed E-state index contributed by atoms with van der Waals surface area (Å²) in [5.41, 5.74) is 1.22. The number of amides is 1. The average Bonchev–Trinajstić information content (AvgIpc) is 2.61. The molecule has 2 heterocycles. The number of aromatic nitrogens is 2. The van der Waals surface area contributed by atoms with Gasteiger partial charge in [0.05, 0.1) is 0 Å². The Morgan fingerprint density at radius 2 is 1.73 bits per heavy atom. The van der Waals surface area contributed by atoms with E-state index in [0.29, 0.717) is 37.7 Å². The van der Waals surface area contributed by atoms with E-state index in [4.69, 9.17) is 0 Å². The van der Waals surface area contributed by atoms with Crippen molar-refractivity contribution in [3.05, 3.63) is 48.2 Å². The third-order valence-electron chi connectivity index (χ3n) is 4.15. The quantitative estimate of drug-likeness (QED) is 0.915. The number of hydrogen-bond acceptors (Lipinski definition) is 5. The van der Waals surface area contributed by atoms with E-state index in [1.54, 1.807) is 23.1 Å². The molecule has 0 radical (unpaired) electrons. The molecule has 138 valence electrons. The highest BCUT2D eigenvalue weighted by atomic mass is 19.1. The maximum absolute atomic E-state index is 13.1. The topological polar surface area (TPSA) is 61.4 Å². The highest BCUT2D eigenvalue weighted by Gasteiger charge is 2.24. The Bertz CT molecular complexity index is 764. The van der Waals surface area contributed by atoms with E-state index < -0.39 is 0 Å². The van der Waals surface area contributed by atoms with E-state index in [1.165, 1.54) is 18.5 Å². The third kappa shape index (κ3) is 4.47. The van der Waals surface area contributed by atoms with Crippen LogP contribution in [0.4, 0.5) is 15.9 Å². The van der Waals surface area contributed by atoms with Crippen molar-refractivity contribution in [1.29, 1.82) is 0 Å². The minimum Gasteiger partial charge on any atom is -0.368 e. The van der Waals surface area contributed by atoms with Gasteiger partial charge in [0.2, 0.25) is 0 Å². The minimum atomic E-state index is -0.244. The lowest BCUT2D eigenvalue weighted by Crippen LogP contribution is -2.49. The fourth-order valence-electron chi connectivity index (χ4n) is 2.91. The lowest BCUT2D eigenvalue weighted by Gasteiger charge is -2.36. The maximum Gasteiger partial charge on any atom is 0.272 e. The fourth-order valence-corrected chi connectivity index (χ4v) is 2.91. The Hall–Kier alpha value is -2.70. The second-order valence-corrected chi connectivity index (χ2v) is 7.42. The molecule has 1 aromatic carbocycles. The van der Waals surface area contributed by atoms with Gasteiger partial charge in [0.1, 0.15) is 23.7 Å². The zero-order valence-electron chi connectivity index (χ0n) is 15.4. The number of anilines is 2. The smallest absolute Gasteiger partial charge is 0.272 e. The first-order chi connectivity index (χ1) is 12.3. The number of rotatable bonds is 3. The molecule has 3 rings (SSSR count). The van der Waals surface area contributed by atoms with Crippen LogP contribution in [0.25, 0.3) is 0 Å². The van der Waals surface area contributed by atoms with Crippen LogP contribution in [-0.2, 0) is 0 Å². The lowest BCUT2D eigenvalue weighted by atomic mass is 10.1. The summed E-state index contributed by atoms with van der Waals surface area (Å²) in [6, 6.07) is 8.14. The molecule has 1 amide bonds. The molecule has 0 saturated carbocycles. The SMILES string of the molecule is CC(C)(C)Nc1cc(C(=O)N2CCN(c3ccc(F)cc3)CC2)ncn1. The van der Waals surface area contributed by atoms with E-state index in [9.17, 15) is 9.18 Å². The van der Waals surface area contributed by atoms with Gasteiger partial charge >= 0.3 is 0 Å². The first-order valence-corrected chi connectivity index (χ1v) is 8.72. The summed E-state index contributed by atoms with van der Waals surface area (Å²) in [5.74, 6) is 0.301. The number of carbonyl (C=O) groups is 1. The van der Waals surface area contributed by atoms with Crippen molar-refractivity contribution >= 4 is 17.4 Å². The molecule has 2 aromatic rings. The molecule has 0 atom stereocenters. The van der Waals surface area contributed by atoms with E-state index in [2.05, 4.69) is 20.2 Å².